The van der Waals surface area contributed by atoms with Gasteiger partial charge in [-0.15, -0.1) is 5.10 Å². The number of phenols is 1. The van der Waals surface area contributed by atoms with E-state index in [4.69, 9.17) is 28.7 Å². The third kappa shape index (κ3) is 11.7. The maximum atomic E-state index is 14.0. The second-order valence-electron chi connectivity index (χ2n) is 18.7. The van der Waals surface area contributed by atoms with Crippen LogP contribution in [0.4, 0.5) is 0 Å². The first-order chi connectivity index (χ1) is 35.2. The van der Waals surface area contributed by atoms with Crippen LogP contribution >= 0.6 is 0 Å². The number of aromatic hydroxyl groups is 1. The highest BCUT2D eigenvalue weighted by Crippen LogP contribution is 2.42. The lowest BCUT2D eigenvalue weighted by atomic mass is 9.81. The van der Waals surface area contributed by atoms with Crippen LogP contribution in [-0.2, 0) is 95.5 Å². The summed E-state index contributed by atoms with van der Waals surface area (Å²) in [6.45, 7) is 6.02. The Morgan fingerprint density at radius 1 is 0.904 bits per heavy atom. The number of imide groups is 1. The minimum Gasteiger partial charge on any atom is -0.508 e. The maximum absolute atomic E-state index is 14.0. The summed E-state index contributed by atoms with van der Waals surface area (Å²) in [5.74, 6) is -3.36. The fourth-order valence-corrected chi connectivity index (χ4v) is 9.95. The fraction of sp³-hybridized carbons (Fsp3) is 0.540. The van der Waals surface area contributed by atoms with Crippen molar-refractivity contribution in [3.63, 3.8) is 0 Å². The lowest BCUT2D eigenvalue weighted by molar-refractivity contribution is -0.189. The topological polar surface area (TPSA) is 291 Å². The van der Waals surface area contributed by atoms with E-state index in [9.17, 15) is 43.5 Å². The van der Waals surface area contributed by atoms with E-state index in [2.05, 4.69) is 26.3 Å². The van der Waals surface area contributed by atoms with E-state index in [0.717, 1.165) is 29.4 Å². The summed E-state index contributed by atoms with van der Waals surface area (Å²) in [7, 11) is 0. The van der Waals surface area contributed by atoms with Crippen molar-refractivity contribution in [1.82, 2.24) is 45.4 Å². The molecule has 1 saturated heterocycles. The number of hydrogen-bond acceptors (Lipinski definition) is 17. The molecule has 0 bridgehead atoms. The quantitative estimate of drug-likeness (QED) is 0.0407. The first-order valence-corrected chi connectivity index (χ1v) is 24.8. The summed E-state index contributed by atoms with van der Waals surface area (Å²) in [4.78, 5) is 109. The van der Waals surface area contributed by atoms with Crippen molar-refractivity contribution in [3.05, 3.63) is 68.8 Å². The van der Waals surface area contributed by atoms with E-state index < -0.39 is 54.7 Å². The highest BCUT2D eigenvalue weighted by Gasteiger charge is 2.50. The Morgan fingerprint density at radius 2 is 1.66 bits per heavy atom. The first-order valence-electron chi connectivity index (χ1n) is 24.8. The maximum Gasteiger partial charge on any atom is 0.355 e. The molecule has 23 heteroatoms. The number of amides is 5. The number of likely N-dealkylation sites (tertiary alicyclic amines) is 1. The zero-order valence-electron chi connectivity index (χ0n) is 41.2. The van der Waals surface area contributed by atoms with Gasteiger partial charge in [0.15, 0.2) is 0 Å². The number of phenolic OH excluding ortho intramolecular Hbond substituents is 1. The Balaban J connectivity index is 0.674. The second kappa shape index (κ2) is 23.2. The SMILES string of the molecule is CCc1c2c(nc3ccc(O)cc13)-c1cc3c(c(=O)n1C2)COC(=O)[C@@]3(CC)OC(=O)CNC(=O)COCC(=O)NCCOCCOCCn1cc(CNC(=O)C2CCC(CN3C(=O)CC(C)C3=O)CC2)nn1. The molecule has 1 aliphatic carbocycles. The molecule has 3 aliphatic heterocycles. The molecule has 1 aromatic carbocycles. The van der Waals surface area contributed by atoms with Crippen molar-refractivity contribution in [3.8, 4) is 17.1 Å². The summed E-state index contributed by atoms with van der Waals surface area (Å²) < 4.78 is 30.7. The van der Waals surface area contributed by atoms with Gasteiger partial charge in [-0.2, -0.15) is 0 Å². The van der Waals surface area contributed by atoms with Crippen LogP contribution in [0.15, 0.2) is 35.3 Å². The molecule has 2 fully saturated rings. The summed E-state index contributed by atoms with van der Waals surface area (Å²) in [6, 6.07) is 6.52. The van der Waals surface area contributed by atoms with Gasteiger partial charge in [-0.1, -0.05) is 26.0 Å². The number of esters is 2. The highest BCUT2D eigenvalue weighted by molar-refractivity contribution is 6.03. The Bertz CT molecular complexity index is 2840. The number of carbonyl (C=O) groups is 7. The third-order valence-corrected chi connectivity index (χ3v) is 13.9. The third-order valence-electron chi connectivity index (χ3n) is 13.9. The van der Waals surface area contributed by atoms with Crippen LogP contribution in [0.1, 0.15) is 87.2 Å². The van der Waals surface area contributed by atoms with E-state index in [-0.39, 0.29) is 105 Å². The molecular formula is C50H61N9O14. The van der Waals surface area contributed by atoms with Gasteiger partial charge in [0.05, 0.1) is 74.7 Å². The van der Waals surface area contributed by atoms with Crippen LogP contribution in [0.2, 0.25) is 0 Å². The van der Waals surface area contributed by atoms with Gasteiger partial charge in [0.25, 0.3) is 5.56 Å². The smallest absolute Gasteiger partial charge is 0.355 e. The van der Waals surface area contributed by atoms with Crippen LogP contribution in [-0.4, -0.2) is 135 Å². The summed E-state index contributed by atoms with van der Waals surface area (Å²) in [6.07, 6.45) is 5.52. The predicted octanol–water partition coefficient (Wildman–Crippen LogP) is 1.29. The zero-order chi connectivity index (χ0) is 51.8. The van der Waals surface area contributed by atoms with Crippen molar-refractivity contribution in [1.29, 1.82) is 0 Å². The number of ether oxygens (including phenoxy) is 5. The van der Waals surface area contributed by atoms with Crippen LogP contribution in [0, 0.1) is 17.8 Å². The molecule has 8 rings (SSSR count). The number of pyridine rings is 2. The van der Waals surface area contributed by atoms with Crippen LogP contribution in [0.3, 0.4) is 0 Å². The molecule has 0 radical (unpaired) electrons. The number of nitrogens with one attached hydrogen (secondary N) is 3. The lowest BCUT2D eigenvalue weighted by Gasteiger charge is -2.35. The largest absolute Gasteiger partial charge is 0.508 e. The van der Waals surface area contributed by atoms with Gasteiger partial charge < -0.3 is 49.3 Å². The number of aryl methyl sites for hydroxylation is 1. The van der Waals surface area contributed by atoms with E-state index in [0.29, 0.717) is 68.2 Å². The Hall–Kier alpha value is -7.11. The summed E-state index contributed by atoms with van der Waals surface area (Å²) in [5.41, 5.74) is 1.92. The van der Waals surface area contributed by atoms with E-state index in [1.165, 1.54) is 11.0 Å². The zero-order valence-corrected chi connectivity index (χ0v) is 41.2. The molecule has 390 valence electrons. The molecule has 73 heavy (non-hydrogen) atoms. The highest BCUT2D eigenvalue weighted by atomic mass is 16.6. The van der Waals surface area contributed by atoms with E-state index in [1.807, 2.05) is 6.92 Å². The lowest BCUT2D eigenvalue weighted by Crippen LogP contribution is -2.49. The molecule has 6 heterocycles. The number of cyclic esters (lactones) is 1. The van der Waals surface area contributed by atoms with Crippen LogP contribution < -0.4 is 21.5 Å². The molecule has 2 atom stereocenters. The average Bonchev–Trinajstić information content (AvgIpc) is 4.06. The van der Waals surface area contributed by atoms with Crippen molar-refractivity contribution >= 4 is 52.4 Å². The summed E-state index contributed by atoms with van der Waals surface area (Å²) >= 11 is 0. The van der Waals surface area contributed by atoms with Gasteiger partial charge in [-0.05, 0) is 74.3 Å². The Labute approximate surface area is 419 Å². The van der Waals surface area contributed by atoms with Gasteiger partial charge in [-0.25, -0.2) is 14.5 Å². The average molecular weight is 1010 g/mol. The van der Waals surface area contributed by atoms with E-state index in [1.54, 1.807) is 47.5 Å². The molecular weight excluding hydrogens is 951 g/mol. The molecule has 1 saturated carbocycles. The van der Waals surface area contributed by atoms with Gasteiger partial charge in [0.2, 0.25) is 35.1 Å². The summed E-state index contributed by atoms with van der Waals surface area (Å²) in [5, 5.41) is 27.1. The predicted molar refractivity (Wildman–Crippen MR) is 256 cm³/mol. The van der Waals surface area contributed by atoms with Crippen molar-refractivity contribution in [2.45, 2.75) is 97.6 Å². The standard InChI is InChI=1S/C50H61N9O14/c1-4-34-35-19-33(60)10-11-39(35)54-45-36(34)25-58-40(45)20-38-37(48(58)67)26-72-49(68)50(38,5-2)73-44(64)22-52-42(62)28-71-27-41(61)51-12-14-69-16-17-70-15-13-57-24-32(55-56-57)21-53-46(65)31-8-6-30(7-9-31)23-59-43(63)18-29(3)47(59)66/h10-11,19-20,24,29-31,60H,4-9,12-18,21-23,25-28H2,1-3H3,(H,51,61)(H,52,62)(H,53,65)/t29?,30?,31?,50-/m0/s1. The molecule has 5 amide bonds. The Kier molecular flexibility index (Phi) is 16.6. The molecule has 3 aromatic heterocycles. The number of benzene rings is 1. The molecule has 1 unspecified atom stereocenters. The van der Waals surface area contributed by atoms with Crippen molar-refractivity contribution < 1.29 is 62.4 Å². The second-order valence-corrected chi connectivity index (χ2v) is 18.7. The van der Waals surface area contributed by atoms with Gasteiger partial charge >= 0.3 is 11.9 Å². The van der Waals surface area contributed by atoms with Crippen molar-refractivity contribution in [2.24, 2.45) is 17.8 Å². The first kappa shape index (κ1) is 52.2. The molecule has 0 spiro atoms. The molecule has 4 N–H and O–H groups in total. The minimum atomic E-state index is -1.98. The van der Waals surface area contributed by atoms with Crippen molar-refractivity contribution in [2.75, 3.05) is 59.3 Å². The number of carbonyl (C=O) groups excluding carboxylic acids is 7. The number of fused-ring (bicyclic) bond motifs is 5. The normalized spacial score (nSPS) is 20.1. The number of rotatable bonds is 23. The minimum absolute atomic E-state index is 0.0455. The van der Waals surface area contributed by atoms with Crippen LogP contribution in [0.5, 0.6) is 5.75 Å². The molecule has 4 aromatic rings. The van der Waals surface area contributed by atoms with E-state index >= 15 is 0 Å². The monoisotopic (exact) mass is 1010 g/mol. The fourth-order valence-electron chi connectivity index (χ4n) is 9.95. The number of nitrogens with zero attached hydrogens (tertiary/aromatic N) is 6. The van der Waals surface area contributed by atoms with Gasteiger partial charge in [0, 0.05) is 47.9 Å². The number of hydrogen-bond donors (Lipinski definition) is 4. The van der Waals surface area contributed by atoms with Gasteiger partial charge in [0.1, 0.15) is 37.8 Å². The van der Waals surface area contributed by atoms with Gasteiger partial charge in [-0.3, -0.25) is 38.5 Å². The Morgan fingerprint density at radius 3 is 2.38 bits per heavy atom. The van der Waals surface area contributed by atoms with Crippen LogP contribution in [0.25, 0.3) is 22.3 Å². The molecule has 23 nitrogen and oxygen atoms in total. The number of aromatic nitrogens is 5. The molecule has 4 aliphatic rings.